The van der Waals surface area contributed by atoms with E-state index in [4.69, 9.17) is 10.6 Å². The lowest BCUT2D eigenvalue weighted by molar-refractivity contribution is -0.137. The Bertz CT molecular complexity index is 435. The van der Waals surface area contributed by atoms with Gasteiger partial charge in [0.1, 0.15) is 0 Å². The van der Waals surface area contributed by atoms with Crippen molar-refractivity contribution in [2.75, 3.05) is 5.75 Å². The summed E-state index contributed by atoms with van der Waals surface area (Å²) in [5.41, 5.74) is 0. The van der Waals surface area contributed by atoms with Gasteiger partial charge in [0.25, 0.3) is 0 Å². The van der Waals surface area contributed by atoms with Crippen LogP contribution in [0.4, 0.5) is 4.79 Å². The molecular weight excluding hydrogens is 228 g/mol. The number of amides is 2. The quantitative estimate of drug-likeness (QED) is 0.629. The van der Waals surface area contributed by atoms with E-state index in [0.29, 0.717) is 6.42 Å². The molecule has 2 rings (SSSR count). The molecule has 5 nitrogen and oxygen atoms in total. The Morgan fingerprint density at radius 2 is 2.44 bits per heavy atom. The van der Waals surface area contributed by atoms with Gasteiger partial charge in [0, 0.05) is 22.9 Å². The fourth-order valence-corrected chi connectivity index (χ4v) is 3.49. The van der Waals surface area contributed by atoms with E-state index >= 15 is 0 Å². The molecule has 16 heavy (non-hydrogen) atoms. The maximum absolute atomic E-state index is 11.2. The van der Waals surface area contributed by atoms with E-state index < -0.39 is 18.7 Å². The molecule has 2 aliphatic rings. The monoisotopic (exact) mass is 248 g/mol. The van der Waals surface area contributed by atoms with Gasteiger partial charge in [-0.3, -0.25) is 4.79 Å². The number of carbonyl (C=O) groups excluding carboxylic acids is 1. The maximum Gasteiger partial charge on any atom is 0.315 e. The van der Waals surface area contributed by atoms with Gasteiger partial charge in [0.05, 0.1) is 12.1 Å². The van der Waals surface area contributed by atoms with Crippen molar-refractivity contribution in [1.82, 2.24) is 10.6 Å². The number of carboxylic acids is 1. The van der Waals surface area contributed by atoms with Crippen molar-refractivity contribution in [2.24, 2.45) is 0 Å². The van der Waals surface area contributed by atoms with Crippen LogP contribution in [0.5, 0.6) is 0 Å². The van der Waals surface area contributed by atoms with E-state index in [9.17, 15) is 9.59 Å². The van der Waals surface area contributed by atoms with Crippen LogP contribution in [0, 0.1) is 0 Å². The zero-order valence-electron chi connectivity index (χ0n) is 12.5. The lowest BCUT2D eigenvalue weighted by Gasteiger charge is -2.16. The van der Waals surface area contributed by atoms with E-state index in [1.54, 1.807) is 11.8 Å². The predicted molar refractivity (Wildman–Crippen MR) is 61.6 cm³/mol. The van der Waals surface area contributed by atoms with Crippen LogP contribution >= 0.6 is 11.8 Å². The van der Waals surface area contributed by atoms with Gasteiger partial charge in [-0.25, -0.2) is 4.79 Å². The van der Waals surface area contributed by atoms with Crippen molar-refractivity contribution in [1.29, 1.82) is 0 Å². The van der Waals surface area contributed by atoms with E-state index in [1.807, 2.05) is 0 Å². The molecule has 0 spiro atoms. The Morgan fingerprint density at radius 3 is 3.19 bits per heavy atom. The summed E-state index contributed by atoms with van der Waals surface area (Å²) in [7, 11) is 0. The standard InChI is InChI=1S/C10H16N2O3S/c13-8(14)4-2-1-3-7-9-6(5-16-7)11-10(15)12-9/h6-7,9H,1-5H2,(H,13,14)(H2,11,12,15)/t6-,7-,9-/m0/s1/i2D2,4D2. The molecule has 3 atom stereocenters. The van der Waals surface area contributed by atoms with Gasteiger partial charge >= 0.3 is 12.0 Å². The van der Waals surface area contributed by atoms with Crippen molar-refractivity contribution >= 4 is 23.8 Å². The maximum atomic E-state index is 11.2. The van der Waals surface area contributed by atoms with Crippen LogP contribution in [0.2, 0.25) is 0 Å². The Hall–Kier alpha value is -0.910. The second kappa shape index (κ2) is 4.95. The largest absolute Gasteiger partial charge is 0.481 e. The van der Waals surface area contributed by atoms with Crippen LogP contribution in [0.15, 0.2) is 0 Å². The first-order chi connectivity index (χ1) is 9.15. The molecule has 2 fully saturated rings. The normalized spacial score (nSPS) is 37.5. The van der Waals surface area contributed by atoms with Gasteiger partial charge in [0.2, 0.25) is 0 Å². The molecule has 0 aromatic rings. The molecule has 2 aliphatic heterocycles. The molecule has 90 valence electrons. The highest BCUT2D eigenvalue weighted by Crippen LogP contribution is 2.33. The van der Waals surface area contributed by atoms with Crippen LogP contribution in [0.1, 0.15) is 31.1 Å². The number of carboxylic acid groups (broad SMARTS) is 1. The SMILES string of the molecule is [2H]C([2H])(CC[C@@H]1SC[C@@H]2NC(=O)N[C@@H]21)C([2H])([2H])C(=O)O. The van der Waals surface area contributed by atoms with Crippen molar-refractivity contribution in [3.05, 3.63) is 0 Å². The summed E-state index contributed by atoms with van der Waals surface area (Å²) >= 11 is 1.58. The smallest absolute Gasteiger partial charge is 0.315 e. The fraction of sp³-hybridized carbons (Fsp3) is 0.800. The molecule has 0 bridgehead atoms. The summed E-state index contributed by atoms with van der Waals surface area (Å²) in [4.78, 5) is 22.0. The summed E-state index contributed by atoms with van der Waals surface area (Å²) in [6.45, 7) is 0. The molecule has 6 heteroatoms. The van der Waals surface area contributed by atoms with Gasteiger partial charge in [0.15, 0.2) is 0 Å². The first kappa shape index (κ1) is 7.42. The summed E-state index contributed by atoms with van der Waals surface area (Å²) in [6.07, 6.45) is -5.27. The number of carbonyl (C=O) groups is 2. The van der Waals surface area contributed by atoms with Crippen molar-refractivity contribution in [3.63, 3.8) is 0 Å². The third-order valence-corrected chi connectivity index (χ3v) is 4.20. The highest BCUT2D eigenvalue weighted by Gasteiger charge is 2.42. The Labute approximate surface area is 104 Å². The summed E-state index contributed by atoms with van der Waals surface area (Å²) in [5.74, 6) is -1.07. The fourth-order valence-electron chi connectivity index (χ4n) is 2.00. The summed E-state index contributed by atoms with van der Waals surface area (Å²) in [6, 6.07) is -0.326. The third-order valence-electron chi connectivity index (χ3n) is 2.69. The zero-order chi connectivity index (χ0) is 15.1. The number of fused-ring (bicyclic) bond motifs is 1. The number of hydrogen-bond acceptors (Lipinski definition) is 3. The van der Waals surface area contributed by atoms with Crippen LogP contribution in [0.3, 0.4) is 0 Å². The average molecular weight is 248 g/mol. The minimum atomic E-state index is -2.92. The Balaban J connectivity index is 1.95. The van der Waals surface area contributed by atoms with E-state index in [0.717, 1.165) is 5.75 Å². The molecule has 0 aliphatic carbocycles. The molecule has 0 aromatic carbocycles. The third kappa shape index (κ3) is 2.61. The van der Waals surface area contributed by atoms with Crippen LogP contribution in [-0.2, 0) is 4.79 Å². The molecule has 0 unspecified atom stereocenters. The molecular formula is C10H16N2O3S. The van der Waals surface area contributed by atoms with Crippen LogP contribution < -0.4 is 10.6 Å². The molecule has 0 radical (unpaired) electrons. The zero-order valence-corrected chi connectivity index (χ0v) is 9.34. The van der Waals surface area contributed by atoms with Gasteiger partial charge in [-0.15, -0.1) is 0 Å². The Kier molecular flexibility index (Phi) is 2.30. The van der Waals surface area contributed by atoms with Crippen molar-refractivity contribution in [3.8, 4) is 0 Å². The highest BCUT2D eigenvalue weighted by molar-refractivity contribution is 8.00. The van der Waals surface area contributed by atoms with Gasteiger partial charge in [-0.05, 0) is 12.8 Å². The molecule has 0 aromatic heterocycles. The second-order valence-corrected chi connectivity index (χ2v) is 5.04. The van der Waals surface area contributed by atoms with Crippen molar-refractivity contribution in [2.45, 2.75) is 42.9 Å². The lowest BCUT2D eigenvalue weighted by Crippen LogP contribution is -2.36. The van der Waals surface area contributed by atoms with E-state index in [1.165, 1.54) is 0 Å². The topological polar surface area (TPSA) is 78.4 Å². The van der Waals surface area contributed by atoms with Gasteiger partial charge in [-0.2, -0.15) is 11.8 Å². The lowest BCUT2D eigenvalue weighted by atomic mass is 10.0. The first-order valence-corrected chi connectivity index (χ1v) is 6.12. The molecule has 2 amide bonds. The summed E-state index contributed by atoms with van der Waals surface area (Å²) < 4.78 is 30.0. The van der Waals surface area contributed by atoms with Crippen LogP contribution in [-0.4, -0.2) is 40.2 Å². The second-order valence-electron chi connectivity index (χ2n) is 3.77. The van der Waals surface area contributed by atoms with Gasteiger partial charge < -0.3 is 15.7 Å². The first-order valence-electron chi connectivity index (χ1n) is 7.07. The molecule has 2 heterocycles. The molecule has 0 saturated carbocycles. The number of nitrogens with one attached hydrogen (secondary N) is 2. The van der Waals surface area contributed by atoms with E-state index in [-0.39, 0.29) is 29.8 Å². The van der Waals surface area contributed by atoms with Gasteiger partial charge in [-0.1, -0.05) is 6.42 Å². The molecule has 2 saturated heterocycles. The number of aliphatic carboxylic acids is 1. The number of rotatable bonds is 5. The summed E-state index contributed by atoms with van der Waals surface area (Å²) in [5, 5.41) is 14.3. The number of thioether (sulfide) groups is 1. The average Bonchev–Trinajstić information content (AvgIpc) is 2.85. The highest BCUT2D eigenvalue weighted by atomic mass is 32.2. The number of urea groups is 1. The Morgan fingerprint density at radius 1 is 1.62 bits per heavy atom. The van der Waals surface area contributed by atoms with Crippen molar-refractivity contribution < 1.29 is 20.2 Å². The molecule has 3 N–H and O–H groups in total. The number of hydrogen-bond donors (Lipinski definition) is 3. The minimum Gasteiger partial charge on any atom is -0.481 e. The van der Waals surface area contributed by atoms with Crippen LogP contribution in [0.25, 0.3) is 0 Å². The predicted octanol–water partition coefficient (Wildman–Crippen LogP) is 0.797. The minimum absolute atomic E-state index is 0.0135. The van der Waals surface area contributed by atoms with E-state index in [2.05, 4.69) is 10.6 Å².